The minimum absolute atomic E-state index is 0.0186. The van der Waals surface area contributed by atoms with Crippen molar-refractivity contribution in [3.63, 3.8) is 0 Å². The van der Waals surface area contributed by atoms with E-state index in [0.29, 0.717) is 13.7 Å². The van der Waals surface area contributed by atoms with Crippen LogP contribution in [0.4, 0.5) is 0 Å². The lowest BCUT2D eigenvalue weighted by molar-refractivity contribution is 0.0696. The summed E-state index contributed by atoms with van der Waals surface area (Å²) in [6, 6.07) is 5.20. The van der Waals surface area contributed by atoms with E-state index in [1.165, 1.54) is 18.2 Å². The number of benzene rings is 1. The van der Waals surface area contributed by atoms with Crippen LogP contribution in [0.3, 0.4) is 0 Å². The van der Waals surface area contributed by atoms with Gasteiger partial charge in [0.1, 0.15) is 0 Å². The van der Waals surface area contributed by atoms with Gasteiger partial charge in [0.15, 0.2) is 0 Å². The van der Waals surface area contributed by atoms with Crippen LogP contribution in [0.2, 0.25) is 0 Å². The van der Waals surface area contributed by atoms with Crippen LogP contribution in [0.5, 0.6) is 0 Å². The van der Waals surface area contributed by atoms with E-state index in [2.05, 4.69) is 0 Å². The maximum absolute atomic E-state index is 11.8. The third kappa shape index (κ3) is 9.08. The first-order chi connectivity index (χ1) is 16.1. The maximum Gasteiger partial charge on any atom is 0.336 e. The largest absolute Gasteiger partial charge is 0.478 e. The molecule has 0 amide bonds. The van der Waals surface area contributed by atoms with E-state index in [1.807, 2.05) is 0 Å². The zero-order chi connectivity index (χ0) is 26.3. The Kier molecular flexibility index (Phi) is 14.3. The second-order valence-corrected chi connectivity index (χ2v) is 6.11. The average Bonchev–Trinajstić information content (AvgIpc) is 2.83. The Bertz CT molecular complexity index is 960. The molecule has 0 saturated heterocycles. The molecule has 0 aliphatic rings. The lowest BCUT2D eigenvalue weighted by Crippen LogP contribution is -2.55. The highest BCUT2D eigenvalue weighted by atomic mass is 16.4. The molecule has 15 nitrogen and oxygen atoms in total. The first-order valence-corrected chi connectivity index (χ1v) is 9.66. The van der Waals surface area contributed by atoms with Crippen molar-refractivity contribution in [3.05, 3.63) is 66.8 Å². The van der Waals surface area contributed by atoms with E-state index in [9.17, 15) is 24.0 Å². The van der Waals surface area contributed by atoms with E-state index in [1.54, 1.807) is 0 Å². The molecule has 7 N–H and O–H groups in total. The number of carboxylic acid groups (broad SMARTS) is 2. The maximum atomic E-state index is 11.8. The molecule has 0 fully saturated rings. The van der Waals surface area contributed by atoms with Gasteiger partial charge in [0.2, 0.25) is 0 Å². The van der Waals surface area contributed by atoms with Crippen LogP contribution in [0, 0.1) is 0 Å². The van der Waals surface area contributed by atoms with E-state index in [4.69, 9.17) is 35.7 Å². The molecule has 0 radical (unpaired) electrons. The Morgan fingerprint density at radius 2 is 0.882 bits per heavy atom. The van der Waals surface area contributed by atoms with Gasteiger partial charge < -0.3 is 35.7 Å². The van der Waals surface area contributed by atoms with Gasteiger partial charge in [-0.1, -0.05) is 6.07 Å². The van der Waals surface area contributed by atoms with Crippen LogP contribution in [0.1, 0.15) is 20.7 Å². The van der Waals surface area contributed by atoms with Crippen molar-refractivity contribution in [2.24, 2.45) is 0 Å². The summed E-state index contributed by atoms with van der Waals surface area (Å²) in [6.45, 7) is -2.33. The summed E-state index contributed by atoms with van der Waals surface area (Å²) in [7, 11) is 0. The first-order valence-electron chi connectivity index (χ1n) is 9.66. The molecule has 0 aliphatic heterocycles. The van der Waals surface area contributed by atoms with Crippen LogP contribution < -0.4 is 17.1 Å². The molecular weight excluding hydrogens is 462 g/mol. The van der Waals surface area contributed by atoms with E-state index in [0.717, 1.165) is 6.07 Å². The predicted molar refractivity (Wildman–Crippen MR) is 115 cm³/mol. The zero-order valence-electron chi connectivity index (χ0n) is 18.0. The van der Waals surface area contributed by atoms with Gasteiger partial charge >= 0.3 is 29.0 Å². The molecule has 0 saturated carbocycles. The summed E-state index contributed by atoms with van der Waals surface area (Å²) in [5.41, 5.74) is -2.70. The Labute approximate surface area is 191 Å². The van der Waals surface area contributed by atoms with Gasteiger partial charge in [-0.15, -0.1) is 0 Å². The van der Waals surface area contributed by atoms with Crippen molar-refractivity contribution >= 4 is 11.9 Å². The summed E-state index contributed by atoms with van der Waals surface area (Å²) in [6.07, 6.45) is 0. The number of rotatable bonds is 9. The molecule has 1 aromatic heterocycles. The van der Waals surface area contributed by atoms with Crippen LogP contribution in [-0.4, -0.2) is 94.4 Å². The van der Waals surface area contributed by atoms with Gasteiger partial charge in [0.25, 0.3) is 0 Å². The molecule has 1 aromatic carbocycles. The topological polar surface area (TPSA) is 242 Å². The summed E-state index contributed by atoms with van der Waals surface area (Å²) in [4.78, 5) is 56.1. The summed E-state index contributed by atoms with van der Waals surface area (Å²) >= 11 is 0. The van der Waals surface area contributed by atoms with Crippen LogP contribution in [0.25, 0.3) is 0 Å². The van der Waals surface area contributed by atoms with E-state index in [-0.39, 0.29) is 44.0 Å². The number of hydrogen-bond donors (Lipinski definition) is 7. The highest BCUT2D eigenvalue weighted by molar-refractivity contribution is 5.93. The van der Waals surface area contributed by atoms with Crippen LogP contribution in [0.15, 0.2) is 38.6 Å². The molecule has 0 aliphatic carbocycles. The van der Waals surface area contributed by atoms with Crippen molar-refractivity contribution in [1.29, 1.82) is 0 Å². The number of aromatic carboxylic acids is 2. The Balaban J connectivity index is 0.000000584. The second-order valence-electron chi connectivity index (χ2n) is 6.11. The number of carbonyl (C=O) groups is 2. The minimum atomic E-state index is -1.13. The van der Waals surface area contributed by atoms with Crippen molar-refractivity contribution in [2.45, 2.75) is 19.6 Å². The smallest absolute Gasteiger partial charge is 0.336 e. The highest BCUT2D eigenvalue weighted by Crippen LogP contribution is 2.04. The third-order valence-electron chi connectivity index (χ3n) is 3.81. The zero-order valence-corrected chi connectivity index (χ0v) is 18.0. The van der Waals surface area contributed by atoms with Gasteiger partial charge in [-0.25, -0.2) is 37.7 Å². The third-order valence-corrected chi connectivity index (χ3v) is 3.81. The number of aliphatic hydroxyl groups excluding tert-OH is 5. The van der Waals surface area contributed by atoms with Gasteiger partial charge in [-0.05, 0) is 18.2 Å². The first kappa shape index (κ1) is 30.4. The van der Waals surface area contributed by atoms with Gasteiger partial charge in [-0.3, -0.25) is 0 Å². The standard InChI is InChI=1S/C9H15N3O6.C8H6O4.C2H6O2/c13-4-1-10-7(16)11(2-5-14)9(18)12(3-6-15)8(10)17;9-7(10)5-2-1-3-6(4-5)8(11)12;3-1-2-4/h13-15H,1-6H2;1-4H,(H,9,10)(H,11,12);3-4H,1-2H2. The summed E-state index contributed by atoms with van der Waals surface area (Å²) in [5.74, 6) is -2.25. The lowest BCUT2D eigenvalue weighted by atomic mass is 10.1. The van der Waals surface area contributed by atoms with E-state index < -0.39 is 48.8 Å². The second kappa shape index (κ2) is 16.1. The molecule has 190 valence electrons. The fourth-order valence-electron chi connectivity index (χ4n) is 2.34. The fourth-order valence-corrected chi connectivity index (χ4v) is 2.34. The normalized spacial score (nSPS) is 9.91. The quantitative estimate of drug-likeness (QED) is 0.179. The van der Waals surface area contributed by atoms with Gasteiger partial charge in [-0.2, -0.15) is 0 Å². The molecule has 1 heterocycles. The average molecular weight is 489 g/mol. The Morgan fingerprint density at radius 1 is 0.588 bits per heavy atom. The molecule has 0 spiro atoms. The predicted octanol–water partition coefficient (Wildman–Crippen LogP) is -3.80. The van der Waals surface area contributed by atoms with Crippen LogP contribution in [-0.2, 0) is 19.6 Å². The molecule has 34 heavy (non-hydrogen) atoms. The van der Waals surface area contributed by atoms with Crippen LogP contribution >= 0.6 is 0 Å². The minimum Gasteiger partial charge on any atom is -0.478 e. The van der Waals surface area contributed by atoms with Crippen molar-refractivity contribution in [3.8, 4) is 0 Å². The summed E-state index contributed by atoms with van der Waals surface area (Å²) < 4.78 is 2.06. The van der Waals surface area contributed by atoms with E-state index >= 15 is 0 Å². The molecule has 0 atom stereocenters. The van der Waals surface area contributed by atoms with Crippen molar-refractivity contribution in [2.75, 3.05) is 33.0 Å². The number of hydrogen-bond acceptors (Lipinski definition) is 10. The number of aliphatic hydroxyl groups is 5. The molecule has 15 heteroatoms. The summed E-state index contributed by atoms with van der Waals surface area (Å²) in [5, 5.41) is 58.6. The fraction of sp³-hybridized carbons (Fsp3) is 0.421. The number of aromatic nitrogens is 3. The number of nitrogens with zero attached hydrogens (tertiary/aromatic N) is 3. The SMILES string of the molecule is O=C(O)c1cccc(C(=O)O)c1.O=c1n(CCO)c(=O)n(CCO)c(=O)n1CCO.OCCO. The molecular formula is C19H27N3O12. The van der Waals surface area contributed by atoms with Crippen molar-refractivity contribution < 1.29 is 45.3 Å². The van der Waals surface area contributed by atoms with Gasteiger partial charge in [0, 0.05) is 0 Å². The molecule has 2 aromatic rings. The van der Waals surface area contributed by atoms with Crippen molar-refractivity contribution in [1.82, 2.24) is 13.7 Å². The Morgan fingerprint density at radius 3 is 1.09 bits per heavy atom. The lowest BCUT2D eigenvalue weighted by Gasteiger charge is -2.11. The van der Waals surface area contributed by atoms with Gasteiger partial charge in [0.05, 0.1) is 63.8 Å². The monoisotopic (exact) mass is 489 g/mol. The molecule has 0 unspecified atom stereocenters. The molecule has 2 rings (SSSR count). The Hall–Kier alpha value is -3.63. The highest BCUT2D eigenvalue weighted by Gasteiger charge is 2.14. The number of carboxylic acids is 2. The molecule has 0 bridgehead atoms.